The summed E-state index contributed by atoms with van der Waals surface area (Å²) in [5, 5.41) is 4.69. The number of hydrogen-bond acceptors (Lipinski definition) is 4. The summed E-state index contributed by atoms with van der Waals surface area (Å²) in [6, 6.07) is 73.4. The summed E-state index contributed by atoms with van der Waals surface area (Å²) in [6.07, 6.45) is 12.3. The Kier molecular flexibility index (Phi) is 9.17. The van der Waals surface area contributed by atoms with Gasteiger partial charge in [0.25, 0.3) is 0 Å². The van der Waals surface area contributed by atoms with Crippen molar-refractivity contribution in [2.24, 2.45) is 5.92 Å². The highest BCUT2D eigenvalue weighted by Gasteiger charge is 2.44. The van der Waals surface area contributed by atoms with Crippen LogP contribution >= 0.6 is 0 Å². The van der Waals surface area contributed by atoms with Crippen molar-refractivity contribution in [2.45, 2.75) is 18.6 Å². The molecule has 3 aliphatic carbocycles. The van der Waals surface area contributed by atoms with Gasteiger partial charge in [0.05, 0.1) is 29.3 Å². The number of ether oxygens (including phenoxy) is 1. The van der Waals surface area contributed by atoms with Gasteiger partial charge in [-0.1, -0.05) is 182 Å². The second-order valence-electron chi connectivity index (χ2n) is 17.4. The molecule has 66 heavy (non-hydrogen) atoms. The van der Waals surface area contributed by atoms with Gasteiger partial charge < -0.3 is 19.0 Å². The second kappa shape index (κ2) is 15.8. The maximum atomic E-state index is 7.39. The van der Waals surface area contributed by atoms with Gasteiger partial charge in [0, 0.05) is 51.3 Å². The quantitative estimate of drug-likeness (QED) is 0.152. The van der Waals surface area contributed by atoms with Gasteiger partial charge in [0.15, 0.2) is 5.58 Å². The maximum absolute atomic E-state index is 7.39. The van der Waals surface area contributed by atoms with Crippen LogP contribution < -0.4 is 20.2 Å². The first-order chi connectivity index (χ1) is 32.8. The van der Waals surface area contributed by atoms with E-state index in [1.807, 2.05) is 6.07 Å². The molecule has 0 bridgehead atoms. The number of rotatable bonds is 8. The summed E-state index contributed by atoms with van der Waals surface area (Å²) in [5.74, 6) is 0.0193. The van der Waals surface area contributed by atoms with E-state index in [-0.39, 0.29) is 18.1 Å². The average Bonchev–Trinajstić information content (AvgIpc) is 3.97. The normalized spacial score (nSPS) is 18.2. The van der Waals surface area contributed by atoms with Gasteiger partial charge in [-0.3, -0.25) is 0 Å². The smallest absolute Gasteiger partial charge is 0.159 e. The van der Waals surface area contributed by atoms with Gasteiger partial charge in [-0.25, -0.2) is 0 Å². The van der Waals surface area contributed by atoms with Crippen molar-refractivity contribution in [2.75, 3.05) is 9.80 Å². The van der Waals surface area contributed by atoms with E-state index in [1.165, 1.54) is 44.0 Å². The molecule has 4 heteroatoms. The summed E-state index contributed by atoms with van der Waals surface area (Å²) in [7, 11) is 0. The Morgan fingerprint density at radius 1 is 0.485 bits per heavy atom. The summed E-state index contributed by atoms with van der Waals surface area (Å²) in [5.41, 5.74) is 16.8. The molecule has 0 spiro atoms. The number of furan rings is 1. The number of hydrogen-bond donors (Lipinski definition) is 0. The molecule has 1 aliphatic heterocycles. The molecule has 8 aromatic carbocycles. The molecule has 4 nitrogen and oxygen atoms in total. The van der Waals surface area contributed by atoms with Crippen LogP contribution in [0.1, 0.15) is 6.42 Å². The van der Waals surface area contributed by atoms with Gasteiger partial charge in [-0.15, -0.1) is 0 Å². The van der Waals surface area contributed by atoms with Crippen LogP contribution in [0.2, 0.25) is 0 Å². The fraction of sp³-hybridized carbons (Fsp3) is 0.0645. The summed E-state index contributed by atoms with van der Waals surface area (Å²) >= 11 is 0. The van der Waals surface area contributed by atoms with Crippen molar-refractivity contribution in [1.82, 2.24) is 0 Å². The molecule has 4 aliphatic rings. The predicted molar refractivity (Wildman–Crippen MR) is 271 cm³/mol. The van der Waals surface area contributed by atoms with Gasteiger partial charge >= 0.3 is 0 Å². The number of anilines is 4. The monoisotopic (exact) mass is 848 g/mol. The molecule has 1 fully saturated rings. The van der Waals surface area contributed by atoms with Crippen molar-refractivity contribution in [3.05, 3.63) is 264 Å². The van der Waals surface area contributed by atoms with Crippen molar-refractivity contribution in [3.63, 3.8) is 0 Å². The number of nitrogens with zero attached hydrogens (tertiary/aromatic N) is 2. The highest BCUT2D eigenvalue weighted by atomic mass is 16.5. The van der Waals surface area contributed by atoms with Crippen LogP contribution in [0.5, 0.6) is 0 Å². The molecule has 1 aromatic heterocycles. The predicted octanol–water partition coefficient (Wildman–Crippen LogP) is 14.0. The van der Waals surface area contributed by atoms with Gasteiger partial charge in [0.2, 0.25) is 0 Å². The van der Waals surface area contributed by atoms with Crippen LogP contribution in [0.4, 0.5) is 22.7 Å². The first-order valence-corrected chi connectivity index (χ1v) is 22.9. The van der Waals surface area contributed by atoms with Crippen LogP contribution in [0.3, 0.4) is 0 Å². The maximum Gasteiger partial charge on any atom is 0.159 e. The number of para-hydroxylation sites is 5. The van der Waals surface area contributed by atoms with Crippen LogP contribution in [-0.2, 0) is 4.74 Å². The minimum atomic E-state index is -0.140. The molecule has 2 heterocycles. The molecular weight excluding hydrogens is 805 g/mol. The minimum absolute atomic E-state index is 0.0193. The van der Waals surface area contributed by atoms with Crippen molar-refractivity contribution < 1.29 is 9.15 Å². The molecule has 0 saturated carbocycles. The Morgan fingerprint density at radius 3 is 1.82 bits per heavy atom. The van der Waals surface area contributed by atoms with Crippen molar-refractivity contribution in [1.29, 1.82) is 0 Å². The van der Waals surface area contributed by atoms with Crippen molar-refractivity contribution in [3.8, 4) is 22.3 Å². The van der Waals surface area contributed by atoms with E-state index in [0.29, 0.717) is 0 Å². The van der Waals surface area contributed by atoms with E-state index in [9.17, 15) is 0 Å². The fourth-order valence-electron chi connectivity index (χ4n) is 10.8. The first kappa shape index (κ1) is 38.3. The lowest BCUT2D eigenvalue weighted by Gasteiger charge is -2.34. The third kappa shape index (κ3) is 6.25. The lowest BCUT2D eigenvalue weighted by molar-refractivity contribution is 0.0557. The first-order valence-electron chi connectivity index (χ1n) is 22.9. The molecule has 13 rings (SSSR count). The van der Waals surface area contributed by atoms with Crippen molar-refractivity contribution >= 4 is 55.8 Å². The number of benzene rings is 8. The Labute approximate surface area is 384 Å². The van der Waals surface area contributed by atoms with E-state index >= 15 is 0 Å². The second-order valence-corrected chi connectivity index (χ2v) is 17.4. The summed E-state index contributed by atoms with van der Waals surface area (Å²) in [6.45, 7) is 0. The standard InChI is InChI=1S/C62H44N2O2/c1-4-19-41(20-5-1)46-25-12-15-31-55(46)63(43-23-8-3-9-24-43)45-36-38-53-59(40-45)66-62-52-37-35-44(39-54(52)48-27-10-11-29-50(48)60(53)62)64(56-32-16-13-26-47(56)42-21-6-2-7-22-42)57-33-18-30-51-49-28-14-17-34-58(49)65-61(51)57/h1-39,52,59,62H,40H2/t52?,59-,62+/m0/s1. The van der Waals surface area contributed by atoms with Crippen LogP contribution in [0.15, 0.2) is 258 Å². The molecule has 0 amide bonds. The van der Waals surface area contributed by atoms with Crippen LogP contribution in [0, 0.1) is 5.92 Å². The lowest BCUT2D eigenvalue weighted by Crippen LogP contribution is -2.41. The average molecular weight is 849 g/mol. The van der Waals surface area contributed by atoms with Crippen LogP contribution in [-0.4, -0.2) is 12.2 Å². The molecular formula is C62H44N2O2. The Hall–Kier alpha value is -8.18. The third-order valence-corrected chi connectivity index (χ3v) is 13.7. The zero-order chi connectivity index (χ0) is 43.6. The lowest BCUT2D eigenvalue weighted by atomic mass is 9.77. The Balaban J connectivity index is 0.969. The highest BCUT2D eigenvalue weighted by Crippen LogP contribution is 2.50. The SMILES string of the molecule is C1=CC2C(=c3ccccc3=C3C4=CC=C(N(c5ccccc5)c5ccccc5-c5ccccc5)C[C@@H]4O[C@@H]32)C=C1N(c1ccccc1-c1ccccc1)c1cccc2c1oc1ccccc12. The van der Waals surface area contributed by atoms with E-state index in [2.05, 4.69) is 240 Å². The minimum Gasteiger partial charge on any atom is -0.454 e. The van der Waals surface area contributed by atoms with Gasteiger partial charge in [-0.2, -0.15) is 0 Å². The number of fused-ring (bicyclic) bond motifs is 9. The molecule has 1 saturated heterocycles. The zero-order valence-corrected chi connectivity index (χ0v) is 36.2. The van der Waals surface area contributed by atoms with Crippen LogP contribution in [0.25, 0.3) is 55.3 Å². The molecule has 0 radical (unpaired) electrons. The molecule has 314 valence electrons. The Bertz CT molecular complexity index is 3620. The fourth-order valence-corrected chi connectivity index (χ4v) is 10.8. The van der Waals surface area contributed by atoms with Gasteiger partial charge in [-0.05, 0) is 92.9 Å². The zero-order valence-electron chi connectivity index (χ0n) is 36.2. The molecule has 9 aromatic rings. The third-order valence-electron chi connectivity index (χ3n) is 13.7. The summed E-state index contributed by atoms with van der Waals surface area (Å²) in [4.78, 5) is 4.82. The molecule has 0 N–H and O–H groups in total. The highest BCUT2D eigenvalue weighted by molar-refractivity contribution is 6.10. The van der Waals surface area contributed by atoms with E-state index < -0.39 is 0 Å². The van der Waals surface area contributed by atoms with E-state index in [0.717, 1.165) is 67.9 Å². The topological polar surface area (TPSA) is 28.9 Å². The largest absolute Gasteiger partial charge is 0.454 e. The Morgan fingerprint density at radius 2 is 1.08 bits per heavy atom. The molecule has 3 atom stereocenters. The number of allylic oxidation sites excluding steroid dienone is 4. The van der Waals surface area contributed by atoms with Gasteiger partial charge in [0.1, 0.15) is 5.58 Å². The molecule has 1 unspecified atom stereocenters. The van der Waals surface area contributed by atoms with E-state index in [1.54, 1.807) is 0 Å². The van der Waals surface area contributed by atoms with E-state index in [4.69, 9.17) is 9.15 Å². The summed E-state index contributed by atoms with van der Waals surface area (Å²) < 4.78 is 14.2.